The minimum absolute atomic E-state index is 0.0459. The van der Waals surface area contributed by atoms with Crippen molar-refractivity contribution >= 4 is 17.3 Å². The third kappa shape index (κ3) is 3.29. The lowest BCUT2D eigenvalue weighted by atomic mass is 10.1. The number of benzene rings is 1. The van der Waals surface area contributed by atoms with Crippen LogP contribution >= 0.6 is 11.6 Å². The lowest BCUT2D eigenvalue weighted by molar-refractivity contribution is -0.120. The maximum absolute atomic E-state index is 12.6. The van der Waals surface area contributed by atoms with Gasteiger partial charge < -0.3 is 10.6 Å². The van der Waals surface area contributed by atoms with E-state index in [2.05, 4.69) is 0 Å². The number of anilines is 1. The lowest BCUT2D eigenvalue weighted by Gasteiger charge is -2.28. The standard InChI is InChI=1S/C12H14ClF3N2/c13-9-2-1-8(6-17)11(5-9)18(10-3-4-10)7-12(14,15)16/h1-2,5,10H,3-4,6-7,17H2. The van der Waals surface area contributed by atoms with E-state index in [-0.39, 0.29) is 12.6 Å². The minimum atomic E-state index is -4.23. The van der Waals surface area contributed by atoms with Crippen molar-refractivity contribution in [2.75, 3.05) is 11.4 Å². The fourth-order valence-corrected chi connectivity index (χ4v) is 2.13. The zero-order chi connectivity index (χ0) is 13.3. The minimum Gasteiger partial charge on any atom is -0.359 e. The second kappa shape index (κ2) is 4.97. The van der Waals surface area contributed by atoms with Crippen LogP contribution in [0.15, 0.2) is 18.2 Å². The van der Waals surface area contributed by atoms with Gasteiger partial charge in [-0.3, -0.25) is 0 Å². The Kier molecular flexibility index (Phi) is 3.73. The van der Waals surface area contributed by atoms with Gasteiger partial charge in [0, 0.05) is 23.3 Å². The molecule has 0 spiro atoms. The van der Waals surface area contributed by atoms with Gasteiger partial charge in [-0.2, -0.15) is 13.2 Å². The predicted octanol–water partition coefficient (Wildman–Crippen LogP) is 3.33. The Labute approximate surface area is 109 Å². The van der Waals surface area contributed by atoms with Crippen LogP contribution in [0.1, 0.15) is 18.4 Å². The van der Waals surface area contributed by atoms with Gasteiger partial charge in [0.1, 0.15) is 6.54 Å². The molecule has 0 atom stereocenters. The van der Waals surface area contributed by atoms with Crippen LogP contribution in [0, 0.1) is 0 Å². The first-order chi connectivity index (χ1) is 8.40. The first-order valence-corrected chi connectivity index (χ1v) is 6.10. The zero-order valence-electron chi connectivity index (χ0n) is 9.67. The Bertz CT molecular complexity index is 430. The van der Waals surface area contributed by atoms with Crippen LogP contribution < -0.4 is 10.6 Å². The van der Waals surface area contributed by atoms with Gasteiger partial charge in [-0.1, -0.05) is 17.7 Å². The van der Waals surface area contributed by atoms with Gasteiger partial charge in [0.25, 0.3) is 0 Å². The van der Waals surface area contributed by atoms with E-state index in [9.17, 15) is 13.2 Å². The molecule has 1 aliphatic rings. The summed E-state index contributed by atoms with van der Waals surface area (Å²) in [5.74, 6) is 0. The number of hydrogen-bond donors (Lipinski definition) is 1. The Balaban J connectivity index is 2.32. The van der Waals surface area contributed by atoms with Crippen LogP contribution in [-0.4, -0.2) is 18.8 Å². The Hall–Kier alpha value is -0.940. The molecule has 1 aromatic carbocycles. The van der Waals surface area contributed by atoms with Crippen molar-refractivity contribution < 1.29 is 13.2 Å². The summed E-state index contributed by atoms with van der Waals surface area (Å²) in [6.07, 6.45) is -2.66. The molecule has 0 unspecified atom stereocenters. The average molecular weight is 279 g/mol. The molecule has 18 heavy (non-hydrogen) atoms. The largest absolute Gasteiger partial charge is 0.405 e. The van der Waals surface area contributed by atoms with Crippen LogP contribution in [0.4, 0.5) is 18.9 Å². The Morgan fingerprint density at radius 1 is 1.33 bits per heavy atom. The first-order valence-electron chi connectivity index (χ1n) is 5.72. The van der Waals surface area contributed by atoms with Crippen LogP contribution in [0.5, 0.6) is 0 Å². The summed E-state index contributed by atoms with van der Waals surface area (Å²) in [6.45, 7) is -0.751. The van der Waals surface area contributed by atoms with Crippen molar-refractivity contribution in [2.45, 2.75) is 31.6 Å². The summed E-state index contributed by atoms with van der Waals surface area (Å²) in [7, 11) is 0. The van der Waals surface area contributed by atoms with Gasteiger partial charge in [-0.05, 0) is 30.5 Å². The van der Waals surface area contributed by atoms with Gasteiger partial charge in [0.15, 0.2) is 0 Å². The van der Waals surface area contributed by atoms with Crippen LogP contribution in [0.2, 0.25) is 5.02 Å². The van der Waals surface area contributed by atoms with E-state index in [4.69, 9.17) is 17.3 Å². The average Bonchev–Trinajstić information content (AvgIpc) is 3.08. The molecule has 2 N–H and O–H groups in total. The first kappa shape index (κ1) is 13.5. The maximum atomic E-state index is 12.6. The van der Waals surface area contributed by atoms with Crippen molar-refractivity contribution in [1.82, 2.24) is 0 Å². The number of halogens is 4. The highest BCUT2D eigenvalue weighted by atomic mass is 35.5. The molecule has 0 radical (unpaired) electrons. The Morgan fingerprint density at radius 3 is 2.50 bits per heavy atom. The normalized spacial score (nSPS) is 15.8. The summed E-state index contributed by atoms with van der Waals surface area (Å²) < 4.78 is 37.8. The second-order valence-corrected chi connectivity index (χ2v) is 4.89. The van der Waals surface area contributed by atoms with Crippen molar-refractivity contribution in [3.63, 3.8) is 0 Å². The van der Waals surface area contributed by atoms with Gasteiger partial charge in [0.2, 0.25) is 0 Å². The maximum Gasteiger partial charge on any atom is 0.405 e. The SMILES string of the molecule is NCc1ccc(Cl)cc1N(CC(F)(F)F)C1CC1. The second-order valence-electron chi connectivity index (χ2n) is 4.45. The van der Waals surface area contributed by atoms with Gasteiger partial charge >= 0.3 is 6.18 Å². The highest BCUT2D eigenvalue weighted by molar-refractivity contribution is 6.30. The molecule has 2 rings (SSSR count). The van der Waals surface area contributed by atoms with Crippen molar-refractivity contribution in [2.24, 2.45) is 5.73 Å². The highest BCUT2D eigenvalue weighted by Gasteiger charge is 2.38. The molecule has 2 nitrogen and oxygen atoms in total. The summed E-state index contributed by atoms with van der Waals surface area (Å²) >= 11 is 5.87. The number of nitrogens with two attached hydrogens (primary N) is 1. The van der Waals surface area contributed by atoms with E-state index < -0.39 is 12.7 Å². The summed E-state index contributed by atoms with van der Waals surface area (Å²) in [5, 5.41) is 0.426. The molecule has 1 saturated carbocycles. The molecule has 0 bridgehead atoms. The number of rotatable bonds is 4. The summed E-state index contributed by atoms with van der Waals surface area (Å²) in [6, 6.07) is 4.85. The van der Waals surface area contributed by atoms with E-state index in [1.54, 1.807) is 18.2 Å². The van der Waals surface area contributed by atoms with Crippen molar-refractivity contribution in [3.8, 4) is 0 Å². The van der Waals surface area contributed by atoms with E-state index in [1.165, 1.54) is 4.90 Å². The van der Waals surface area contributed by atoms with Crippen LogP contribution in [0.3, 0.4) is 0 Å². The van der Waals surface area contributed by atoms with Crippen LogP contribution in [-0.2, 0) is 6.54 Å². The van der Waals surface area contributed by atoms with Gasteiger partial charge in [-0.15, -0.1) is 0 Å². The molecular formula is C12H14ClF3N2. The van der Waals surface area contributed by atoms with Gasteiger partial charge in [-0.25, -0.2) is 0 Å². The number of nitrogens with zero attached hydrogens (tertiary/aromatic N) is 1. The highest BCUT2D eigenvalue weighted by Crippen LogP contribution is 2.37. The van der Waals surface area contributed by atoms with Crippen LogP contribution in [0.25, 0.3) is 0 Å². The molecule has 0 heterocycles. The molecule has 0 amide bonds. The van der Waals surface area contributed by atoms with Crippen molar-refractivity contribution in [3.05, 3.63) is 28.8 Å². The number of alkyl halides is 3. The third-order valence-corrected chi connectivity index (χ3v) is 3.15. The quantitative estimate of drug-likeness (QED) is 0.915. The Morgan fingerprint density at radius 2 is 2.00 bits per heavy atom. The fraction of sp³-hybridized carbons (Fsp3) is 0.500. The molecule has 100 valence electrons. The molecule has 6 heteroatoms. The van der Waals surface area contributed by atoms with E-state index >= 15 is 0 Å². The molecule has 1 aromatic rings. The van der Waals surface area contributed by atoms with E-state index in [1.807, 2.05) is 0 Å². The van der Waals surface area contributed by atoms with Crippen molar-refractivity contribution in [1.29, 1.82) is 0 Å². The van der Waals surface area contributed by atoms with E-state index in [0.29, 0.717) is 16.3 Å². The summed E-state index contributed by atoms with van der Waals surface area (Å²) in [4.78, 5) is 1.37. The van der Waals surface area contributed by atoms with E-state index in [0.717, 1.165) is 12.8 Å². The predicted molar refractivity (Wildman–Crippen MR) is 65.8 cm³/mol. The summed E-state index contributed by atoms with van der Waals surface area (Å²) in [5.41, 5.74) is 6.77. The topological polar surface area (TPSA) is 29.3 Å². The molecule has 0 aliphatic heterocycles. The fourth-order valence-electron chi connectivity index (χ4n) is 1.97. The number of hydrogen-bond acceptors (Lipinski definition) is 2. The molecular weight excluding hydrogens is 265 g/mol. The smallest absolute Gasteiger partial charge is 0.359 e. The molecule has 1 aliphatic carbocycles. The van der Waals surface area contributed by atoms with Gasteiger partial charge in [0.05, 0.1) is 0 Å². The third-order valence-electron chi connectivity index (χ3n) is 2.91. The zero-order valence-corrected chi connectivity index (χ0v) is 10.4. The molecule has 0 saturated heterocycles. The molecule has 1 fully saturated rings. The lowest BCUT2D eigenvalue weighted by Crippen LogP contribution is -2.36. The monoisotopic (exact) mass is 278 g/mol. The molecule has 0 aromatic heterocycles.